The van der Waals surface area contributed by atoms with Crippen LogP contribution in [0.1, 0.15) is 19.8 Å². The third-order valence-corrected chi connectivity index (χ3v) is 2.33. The van der Waals surface area contributed by atoms with Crippen molar-refractivity contribution >= 4 is 11.9 Å². The molecule has 98 valence electrons. The van der Waals surface area contributed by atoms with Crippen LogP contribution >= 0.6 is 0 Å². The minimum absolute atomic E-state index is 0.310. The second kappa shape index (κ2) is 5.35. The Bertz CT molecular complexity index is 300. The van der Waals surface area contributed by atoms with Gasteiger partial charge in [-0.3, -0.25) is 4.79 Å². The van der Waals surface area contributed by atoms with Crippen LogP contribution in [0, 0.1) is 0 Å². The molecule has 0 aromatic heterocycles. The molecule has 8 heteroatoms. The summed E-state index contributed by atoms with van der Waals surface area (Å²) in [7, 11) is 0. The van der Waals surface area contributed by atoms with Crippen molar-refractivity contribution in [3.8, 4) is 0 Å². The normalized spacial score (nSPS) is 20.8. The Balaban J connectivity index is 2.66. The Morgan fingerprint density at radius 2 is 2.06 bits per heavy atom. The average molecular weight is 254 g/mol. The maximum Gasteiger partial charge on any atom is 0.493 e. The van der Waals surface area contributed by atoms with Gasteiger partial charge in [0.25, 0.3) is 5.91 Å². The van der Waals surface area contributed by atoms with Gasteiger partial charge in [0.1, 0.15) is 0 Å². The summed E-state index contributed by atoms with van der Waals surface area (Å²) in [6.07, 6.45) is -3.90. The van der Waals surface area contributed by atoms with Crippen molar-refractivity contribution in [3.05, 3.63) is 0 Å². The van der Waals surface area contributed by atoms with E-state index in [2.05, 4.69) is 10.2 Å². The summed E-state index contributed by atoms with van der Waals surface area (Å²) in [4.78, 5) is 25.9. The van der Waals surface area contributed by atoms with Crippen molar-refractivity contribution in [2.24, 2.45) is 0 Å². The number of nitrogens with one attached hydrogen (secondary N) is 1. The number of piperidine rings is 1. The maximum atomic E-state index is 12.0. The molecule has 0 radical (unpaired) electrons. The van der Waals surface area contributed by atoms with Gasteiger partial charge in [0.05, 0.1) is 6.04 Å². The van der Waals surface area contributed by atoms with E-state index < -0.39 is 24.1 Å². The molecule has 1 heterocycles. The van der Waals surface area contributed by atoms with Crippen molar-refractivity contribution in [2.45, 2.75) is 32.0 Å². The van der Waals surface area contributed by atoms with Gasteiger partial charge in [0.2, 0.25) is 0 Å². The second-order valence-corrected chi connectivity index (χ2v) is 3.72. The van der Waals surface area contributed by atoms with Crippen LogP contribution in [0.2, 0.25) is 0 Å². The number of amides is 1. The number of carbonyl (C=O) groups is 2. The molecule has 0 bridgehead atoms. The van der Waals surface area contributed by atoms with E-state index in [1.165, 1.54) is 0 Å². The summed E-state index contributed by atoms with van der Waals surface area (Å²) in [5.74, 6) is -3.10. The van der Waals surface area contributed by atoms with Gasteiger partial charge in [-0.15, -0.1) is 0 Å². The predicted molar refractivity (Wildman–Crippen MR) is 50.6 cm³/mol. The van der Waals surface area contributed by atoms with Crippen molar-refractivity contribution in [1.82, 2.24) is 10.4 Å². The minimum Gasteiger partial charge on any atom is -0.329 e. The molecular weight excluding hydrogens is 241 g/mol. The predicted octanol–water partition coefficient (Wildman–Crippen LogP) is 0.607. The maximum absolute atomic E-state index is 12.0. The van der Waals surface area contributed by atoms with Gasteiger partial charge in [-0.1, -0.05) is 0 Å². The molecule has 1 saturated heterocycles. The van der Waals surface area contributed by atoms with E-state index in [4.69, 9.17) is 0 Å². The first-order valence-corrected chi connectivity index (χ1v) is 5.12. The number of hydroxylamine groups is 2. The Labute approximate surface area is 95.8 Å². The summed E-state index contributed by atoms with van der Waals surface area (Å²) in [6, 6.07) is -0.549. The van der Waals surface area contributed by atoms with E-state index in [0.29, 0.717) is 24.4 Å². The molecule has 1 N–H and O–H groups in total. The van der Waals surface area contributed by atoms with Crippen LogP contribution in [-0.2, 0) is 14.4 Å². The van der Waals surface area contributed by atoms with Crippen LogP contribution in [0.3, 0.4) is 0 Å². The lowest BCUT2D eigenvalue weighted by atomic mass is 10.1. The van der Waals surface area contributed by atoms with E-state index in [9.17, 15) is 22.8 Å². The van der Waals surface area contributed by atoms with Gasteiger partial charge in [-0.05, 0) is 19.4 Å². The molecule has 1 rings (SSSR count). The highest BCUT2D eigenvalue weighted by Gasteiger charge is 2.44. The molecule has 0 saturated carbocycles. The highest BCUT2D eigenvalue weighted by Crippen LogP contribution is 2.19. The van der Waals surface area contributed by atoms with Gasteiger partial charge < -0.3 is 10.2 Å². The molecule has 17 heavy (non-hydrogen) atoms. The molecule has 0 aromatic carbocycles. The number of alkyl halides is 3. The van der Waals surface area contributed by atoms with E-state index in [1.807, 2.05) is 0 Å². The van der Waals surface area contributed by atoms with Crippen LogP contribution < -0.4 is 5.32 Å². The molecule has 0 spiro atoms. The smallest absolute Gasteiger partial charge is 0.329 e. The quantitative estimate of drug-likeness (QED) is 0.696. The third-order valence-electron chi connectivity index (χ3n) is 2.33. The van der Waals surface area contributed by atoms with Gasteiger partial charge in [0.15, 0.2) is 0 Å². The standard InChI is InChI=1S/C9H13F3N2O3/c1-6(15)14(7-3-2-4-13-5-7)17-8(16)9(10,11)12/h7,13H,2-5H2,1H3/t7-/m0/s1. The lowest BCUT2D eigenvalue weighted by Gasteiger charge is -2.31. The molecule has 0 aromatic rings. The van der Waals surface area contributed by atoms with E-state index >= 15 is 0 Å². The van der Waals surface area contributed by atoms with E-state index in [0.717, 1.165) is 13.5 Å². The van der Waals surface area contributed by atoms with Crippen LogP contribution in [-0.4, -0.2) is 42.2 Å². The molecule has 0 unspecified atom stereocenters. The molecule has 0 aliphatic carbocycles. The lowest BCUT2D eigenvalue weighted by Crippen LogP contribution is -2.50. The highest BCUT2D eigenvalue weighted by molar-refractivity contribution is 5.79. The molecule has 1 atom stereocenters. The van der Waals surface area contributed by atoms with Crippen molar-refractivity contribution in [2.75, 3.05) is 13.1 Å². The molecule has 1 fully saturated rings. The fraction of sp³-hybridized carbons (Fsp3) is 0.778. The van der Waals surface area contributed by atoms with Crippen molar-refractivity contribution in [1.29, 1.82) is 0 Å². The van der Waals surface area contributed by atoms with Crippen LogP contribution in [0.4, 0.5) is 13.2 Å². The first-order chi connectivity index (χ1) is 7.82. The van der Waals surface area contributed by atoms with Gasteiger partial charge in [0, 0.05) is 13.5 Å². The Kier molecular flexibility index (Phi) is 4.33. The van der Waals surface area contributed by atoms with Gasteiger partial charge in [-0.2, -0.15) is 18.2 Å². The number of halogens is 3. The summed E-state index contributed by atoms with van der Waals surface area (Å²) in [5, 5.41) is 3.42. The third kappa shape index (κ3) is 3.88. The number of nitrogens with zero attached hydrogens (tertiary/aromatic N) is 1. The average Bonchev–Trinajstić information content (AvgIpc) is 2.25. The number of rotatable bonds is 1. The summed E-state index contributed by atoms with van der Waals surface area (Å²) in [5.41, 5.74) is 0. The SMILES string of the molecule is CC(=O)N(OC(=O)C(F)(F)F)[C@H]1CCCNC1. The van der Waals surface area contributed by atoms with Crippen molar-refractivity contribution < 1.29 is 27.6 Å². The Morgan fingerprint density at radius 1 is 1.41 bits per heavy atom. The van der Waals surface area contributed by atoms with Crippen molar-refractivity contribution in [3.63, 3.8) is 0 Å². The number of hydrogen-bond donors (Lipinski definition) is 1. The Hall–Kier alpha value is -1.31. The second-order valence-electron chi connectivity index (χ2n) is 3.72. The minimum atomic E-state index is -5.10. The molecule has 1 aliphatic rings. The molecule has 5 nitrogen and oxygen atoms in total. The molecular formula is C9H13F3N2O3. The zero-order valence-corrected chi connectivity index (χ0v) is 9.21. The number of carbonyl (C=O) groups excluding carboxylic acids is 2. The summed E-state index contributed by atoms with van der Waals surface area (Å²) < 4.78 is 36.0. The zero-order valence-electron chi connectivity index (χ0n) is 9.21. The lowest BCUT2D eigenvalue weighted by molar-refractivity contribution is -0.243. The zero-order chi connectivity index (χ0) is 13.1. The largest absolute Gasteiger partial charge is 0.493 e. The Morgan fingerprint density at radius 3 is 2.47 bits per heavy atom. The van der Waals surface area contributed by atoms with E-state index in [-0.39, 0.29) is 0 Å². The van der Waals surface area contributed by atoms with E-state index in [1.54, 1.807) is 0 Å². The fourth-order valence-corrected chi connectivity index (χ4v) is 1.57. The number of hydrogen-bond acceptors (Lipinski definition) is 4. The topological polar surface area (TPSA) is 58.6 Å². The van der Waals surface area contributed by atoms with Crippen LogP contribution in [0.5, 0.6) is 0 Å². The first-order valence-electron chi connectivity index (χ1n) is 5.12. The first kappa shape index (κ1) is 13.8. The monoisotopic (exact) mass is 254 g/mol. The molecule has 1 amide bonds. The van der Waals surface area contributed by atoms with Gasteiger partial charge in [-0.25, -0.2) is 4.79 Å². The summed E-state index contributed by atoms with van der Waals surface area (Å²) >= 11 is 0. The van der Waals surface area contributed by atoms with Crippen LogP contribution in [0.15, 0.2) is 0 Å². The van der Waals surface area contributed by atoms with Gasteiger partial charge >= 0.3 is 12.1 Å². The fourth-order valence-electron chi connectivity index (χ4n) is 1.57. The highest BCUT2D eigenvalue weighted by atomic mass is 19.4. The molecule has 1 aliphatic heterocycles. The summed E-state index contributed by atoms with van der Waals surface area (Å²) in [6.45, 7) is 2.10. The van der Waals surface area contributed by atoms with Crippen LogP contribution in [0.25, 0.3) is 0 Å².